The van der Waals surface area contributed by atoms with Gasteiger partial charge in [-0.3, -0.25) is 10.5 Å². The standard InChI is InChI=1S/C12H21BrN4O/c1-2-6-17-12(9(13)8-15-17)11(16-14)10-5-3-4-7-18-10/h8,10-11,16H,2-7,14H2,1H3. The average Bonchev–Trinajstić information content (AvgIpc) is 2.75. The maximum absolute atomic E-state index is 5.84. The number of aromatic nitrogens is 2. The van der Waals surface area contributed by atoms with Crippen molar-refractivity contribution < 1.29 is 4.74 Å². The highest BCUT2D eigenvalue weighted by molar-refractivity contribution is 9.10. The Hall–Kier alpha value is -0.430. The Balaban J connectivity index is 2.22. The normalized spacial score (nSPS) is 22.1. The quantitative estimate of drug-likeness (QED) is 0.645. The number of rotatable bonds is 5. The van der Waals surface area contributed by atoms with Crippen molar-refractivity contribution in [2.24, 2.45) is 5.84 Å². The van der Waals surface area contributed by atoms with E-state index < -0.39 is 0 Å². The van der Waals surface area contributed by atoms with E-state index >= 15 is 0 Å². The highest BCUT2D eigenvalue weighted by Gasteiger charge is 2.29. The molecule has 0 saturated carbocycles. The van der Waals surface area contributed by atoms with E-state index in [4.69, 9.17) is 10.6 Å². The molecule has 1 saturated heterocycles. The Morgan fingerprint density at radius 3 is 3.11 bits per heavy atom. The Kier molecular flexibility index (Phi) is 5.17. The number of nitrogens with zero attached hydrogens (tertiary/aromatic N) is 2. The van der Waals surface area contributed by atoms with Gasteiger partial charge in [0.25, 0.3) is 0 Å². The largest absolute Gasteiger partial charge is 0.376 e. The molecule has 2 heterocycles. The lowest BCUT2D eigenvalue weighted by Gasteiger charge is -2.30. The van der Waals surface area contributed by atoms with Crippen LogP contribution in [0.25, 0.3) is 0 Å². The van der Waals surface area contributed by atoms with Gasteiger partial charge in [0, 0.05) is 13.2 Å². The predicted octanol–water partition coefficient (Wildman–Crippen LogP) is 2.13. The second kappa shape index (κ2) is 6.65. The summed E-state index contributed by atoms with van der Waals surface area (Å²) in [5.41, 5.74) is 3.99. The molecule has 0 aliphatic carbocycles. The molecule has 0 radical (unpaired) electrons. The van der Waals surface area contributed by atoms with Gasteiger partial charge in [0.15, 0.2) is 0 Å². The first-order valence-corrected chi connectivity index (χ1v) is 7.36. The number of aryl methyl sites for hydroxylation is 1. The van der Waals surface area contributed by atoms with Crippen molar-refractivity contribution >= 4 is 15.9 Å². The third kappa shape index (κ3) is 2.93. The fraction of sp³-hybridized carbons (Fsp3) is 0.750. The Bertz CT molecular complexity index is 376. The molecule has 0 spiro atoms. The van der Waals surface area contributed by atoms with E-state index in [1.54, 1.807) is 0 Å². The van der Waals surface area contributed by atoms with Crippen LogP contribution in [0, 0.1) is 0 Å². The molecule has 102 valence electrons. The summed E-state index contributed by atoms with van der Waals surface area (Å²) in [6.45, 7) is 3.86. The predicted molar refractivity (Wildman–Crippen MR) is 73.9 cm³/mol. The zero-order chi connectivity index (χ0) is 13.0. The lowest BCUT2D eigenvalue weighted by molar-refractivity contribution is -0.0102. The molecule has 0 amide bonds. The summed E-state index contributed by atoms with van der Waals surface area (Å²) in [7, 11) is 0. The van der Waals surface area contributed by atoms with Crippen molar-refractivity contribution in [3.8, 4) is 0 Å². The second-order valence-corrected chi connectivity index (χ2v) is 5.50. The number of hydrogen-bond donors (Lipinski definition) is 2. The van der Waals surface area contributed by atoms with E-state index in [0.29, 0.717) is 0 Å². The first-order valence-electron chi connectivity index (χ1n) is 6.56. The third-order valence-corrected chi connectivity index (χ3v) is 3.94. The first kappa shape index (κ1) is 14.0. The fourth-order valence-electron chi connectivity index (χ4n) is 2.46. The molecule has 2 rings (SSSR count). The fourth-order valence-corrected chi connectivity index (χ4v) is 3.00. The van der Waals surface area contributed by atoms with Crippen LogP contribution >= 0.6 is 15.9 Å². The van der Waals surface area contributed by atoms with Gasteiger partial charge in [0.05, 0.1) is 28.5 Å². The van der Waals surface area contributed by atoms with Gasteiger partial charge in [-0.15, -0.1) is 0 Å². The van der Waals surface area contributed by atoms with Crippen LogP contribution in [0.5, 0.6) is 0 Å². The van der Waals surface area contributed by atoms with Gasteiger partial charge in [-0.25, -0.2) is 5.43 Å². The van der Waals surface area contributed by atoms with Crippen molar-refractivity contribution in [2.75, 3.05) is 6.61 Å². The van der Waals surface area contributed by atoms with Crippen LogP contribution in [-0.2, 0) is 11.3 Å². The molecule has 18 heavy (non-hydrogen) atoms. The zero-order valence-electron chi connectivity index (χ0n) is 10.7. The molecule has 0 bridgehead atoms. The SMILES string of the molecule is CCCn1ncc(Br)c1C(NN)C1CCCCO1. The van der Waals surface area contributed by atoms with Gasteiger partial charge < -0.3 is 4.74 Å². The van der Waals surface area contributed by atoms with Crippen molar-refractivity contribution in [1.82, 2.24) is 15.2 Å². The van der Waals surface area contributed by atoms with Crippen LogP contribution in [0.2, 0.25) is 0 Å². The molecule has 5 nitrogen and oxygen atoms in total. The molecule has 3 N–H and O–H groups in total. The van der Waals surface area contributed by atoms with E-state index in [2.05, 4.69) is 33.4 Å². The van der Waals surface area contributed by atoms with Crippen LogP contribution in [0.4, 0.5) is 0 Å². The topological polar surface area (TPSA) is 65.1 Å². The summed E-state index contributed by atoms with van der Waals surface area (Å²) in [6.07, 6.45) is 6.39. The molecular formula is C12H21BrN4O. The van der Waals surface area contributed by atoms with E-state index in [1.807, 2.05) is 10.9 Å². The van der Waals surface area contributed by atoms with Gasteiger partial charge in [-0.05, 0) is 41.6 Å². The Morgan fingerprint density at radius 1 is 1.67 bits per heavy atom. The van der Waals surface area contributed by atoms with Gasteiger partial charge in [-0.2, -0.15) is 5.10 Å². The monoisotopic (exact) mass is 316 g/mol. The van der Waals surface area contributed by atoms with E-state index in [9.17, 15) is 0 Å². The molecular weight excluding hydrogens is 296 g/mol. The van der Waals surface area contributed by atoms with Gasteiger partial charge in [-0.1, -0.05) is 6.92 Å². The molecule has 2 atom stereocenters. The minimum absolute atomic E-state index is 0.00581. The maximum Gasteiger partial charge on any atom is 0.0901 e. The molecule has 0 aromatic carbocycles. The van der Waals surface area contributed by atoms with Gasteiger partial charge >= 0.3 is 0 Å². The smallest absolute Gasteiger partial charge is 0.0901 e. The summed E-state index contributed by atoms with van der Waals surface area (Å²) in [4.78, 5) is 0. The van der Waals surface area contributed by atoms with E-state index in [1.165, 1.54) is 6.42 Å². The van der Waals surface area contributed by atoms with E-state index in [-0.39, 0.29) is 12.1 Å². The molecule has 1 aliphatic heterocycles. The summed E-state index contributed by atoms with van der Waals surface area (Å²) < 4.78 is 8.84. The van der Waals surface area contributed by atoms with Crippen molar-refractivity contribution in [3.05, 3.63) is 16.4 Å². The zero-order valence-corrected chi connectivity index (χ0v) is 12.3. The third-order valence-electron chi connectivity index (χ3n) is 3.33. The molecule has 1 aromatic heterocycles. The number of hydrazine groups is 1. The number of ether oxygens (including phenoxy) is 1. The molecule has 1 aromatic rings. The number of nitrogens with one attached hydrogen (secondary N) is 1. The minimum atomic E-state index is -0.00581. The average molecular weight is 317 g/mol. The minimum Gasteiger partial charge on any atom is -0.376 e. The van der Waals surface area contributed by atoms with Crippen LogP contribution in [0.3, 0.4) is 0 Å². The van der Waals surface area contributed by atoms with Crippen LogP contribution in [-0.4, -0.2) is 22.5 Å². The lowest BCUT2D eigenvalue weighted by Crippen LogP contribution is -2.41. The van der Waals surface area contributed by atoms with Crippen LogP contribution < -0.4 is 11.3 Å². The van der Waals surface area contributed by atoms with E-state index in [0.717, 1.165) is 42.6 Å². The highest BCUT2D eigenvalue weighted by atomic mass is 79.9. The maximum atomic E-state index is 5.84. The summed E-state index contributed by atoms with van der Waals surface area (Å²) >= 11 is 3.56. The Morgan fingerprint density at radius 2 is 2.50 bits per heavy atom. The number of nitrogens with two attached hydrogens (primary N) is 1. The van der Waals surface area contributed by atoms with Crippen molar-refractivity contribution in [1.29, 1.82) is 0 Å². The summed E-state index contributed by atoms with van der Waals surface area (Å²) in [5.74, 6) is 5.74. The van der Waals surface area contributed by atoms with Gasteiger partial charge in [0.1, 0.15) is 0 Å². The first-order chi connectivity index (χ1) is 8.77. The van der Waals surface area contributed by atoms with Crippen LogP contribution in [0.15, 0.2) is 10.7 Å². The lowest BCUT2D eigenvalue weighted by atomic mass is 10.00. The molecule has 2 unspecified atom stereocenters. The highest BCUT2D eigenvalue weighted by Crippen LogP contribution is 2.30. The van der Waals surface area contributed by atoms with Crippen molar-refractivity contribution in [2.45, 2.75) is 51.3 Å². The van der Waals surface area contributed by atoms with Crippen molar-refractivity contribution in [3.63, 3.8) is 0 Å². The number of halogens is 1. The molecule has 6 heteroatoms. The summed E-state index contributed by atoms with van der Waals surface area (Å²) in [5, 5.41) is 4.39. The molecule has 1 fully saturated rings. The van der Waals surface area contributed by atoms with Gasteiger partial charge in [0.2, 0.25) is 0 Å². The molecule has 1 aliphatic rings. The summed E-state index contributed by atoms with van der Waals surface area (Å²) in [6, 6.07) is -0.00581. The second-order valence-electron chi connectivity index (χ2n) is 4.65. The number of hydrogen-bond acceptors (Lipinski definition) is 4. The Labute approximate surface area is 116 Å². The van der Waals surface area contributed by atoms with Crippen LogP contribution in [0.1, 0.15) is 44.3 Å².